The number of ether oxygens (including phenoxy) is 3. The normalized spacial score (nSPS) is 21.1. The molecule has 4 aromatic rings. The highest BCUT2D eigenvalue weighted by Crippen LogP contribution is 2.42. The van der Waals surface area contributed by atoms with Crippen LogP contribution in [0.15, 0.2) is 36.7 Å². The van der Waals surface area contributed by atoms with Gasteiger partial charge in [-0.3, -0.25) is 14.2 Å². The Morgan fingerprint density at radius 1 is 1.15 bits per heavy atom. The van der Waals surface area contributed by atoms with E-state index in [9.17, 15) is 14.7 Å². The number of esters is 2. The third-order valence-electron chi connectivity index (χ3n) is 6.40. The zero-order chi connectivity index (χ0) is 29.1. The molecular weight excluding hydrogens is 536 g/mol. The fourth-order valence-corrected chi connectivity index (χ4v) is 4.64. The Kier molecular flexibility index (Phi) is 8.02. The van der Waals surface area contributed by atoms with Crippen LogP contribution >= 0.6 is 0 Å². The topological polar surface area (TPSA) is 207 Å². The molecule has 0 radical (unpaired) electrons. The highest BCUT2D eigenvalue weighted by Gasteiger charge is 2.53. The van der Waals surface area contributed by atoms with Crippen LogP contribution in [0.4, 0.5) is 11.8 Å². The summed E-state index contributed by atoms with van der Waals surface area (Å²) in [6.07, 6.45) is -2.38. The van der Waals surface area contributed by atoms with E-state index in [0.29, 0.717) is 13.0 Å². The van der Waals surface area contributed by atoms with Gasteiger partial charge in [0.2, 0.25) is 11.8 Å². The smallest absolute Gasteiger partial charge is 0.303 e. The lowest BCUT2D eigenvalue weighted by Crippen LogP contribution is -2.37. The second kappa shape index (κ2) is 11.8. The van der Waals surface area contributed by atoms with Crippen LogP contribution in [-0.4, -0.2) is 81.6 Å². The molecule has 5 atom stereocenters. The molecule has 1 fully saturated rings. The average molecular weight is 567 g/mol. The standard InChI is InChI=1S/C25H30N10O6/c1-4-35-32-22(31-33-35)19-18(39-13(2)37)20(40-14(3)38)24(41-19)34-12-27-17-21(26)29-25(30-23(17)34)28-16(11-36)10-15-8-6-5-7-9-15/h5-9,12,16,18-20,24,36H,4,10-11H2,1-3H3,(H3,26,28,29,30)/t16-,18-,19-,20-,24+/m0/s1. The van der Waals surface area contributed by atoms with Gasteiger partial charge in [0, 0.05) is 13.8 Å². The van der Waals surface area contributed by atoms with Gasteiger partial charge < -0.3 is 30.4 Å². The molecule has 1 aliphatic heterocycles. The number of nitrogen functional groups attached to an aromatic ring is 1. The number of tetrazole rings is 1. The summed E-state index contributed by atoms with van der Waals surface area (Å²) in [4.78, 5) is 38.8. The number of hydrogen-bond donors (Lipinski definition) is 3. The van der Waals surface area contributed by atoms with Crippen LogP contribution < -0.4 is 11.1 Å². The van der Waals surface area contributed by atoms with E-state index in [-0.39, 0.29) is 35.4 Å². The Morgan fingerprint density at radius 3 is 2.54 bits per heavy atom. The lowest BCUT2D eigenvalue weighted by atomic mass is 10.1. The van der Waals surface area contributed by atoms with Gasteiger partial charge in [-0.2, -0.15) is 14.8 Å². The first kappa shape index (κ1) is 27.9. The molecule has 16 nitrogen and oxygen atoms in total. The number of rotatable bonds is 10. The molecule has 0 unspecified atom stereocenters. The van der Waals surface area contributed by atoms with Crippen molar-refractivity contribution in [3.05, 3.63) is 48.0 Å². The molecule has 0 saturated carbocycles. The zero-order valence-corrected chi connectivity index (χ0v) is 22.6. The minimum Gasteiger partial charge on any atom is -0.455 e. The molecule has 4 heterocycles. The number of aliphatic hydroxyl groups excluding tert-OH is 1. The number of fused-ring (bicyclic) bond motifs is 1. The van der Waals surface area contributed by atoms with Crippen molar-refractivity contribution in [2.45, 2.75) is 64.3 Å². The van der Waals surface area contributed by atoms with Crippen LogP contribution in [0.3, 0.4) is 0 Å². The molecule has 0 spiro atoms. The lowest BCUT2D eigenvalue weighted by molar-refractivity contribution is -0.165. The van der Waals surface area contributed by atoms with Crippen molar-refractivity contribution in [3.8, 4) is 0 Å². The van der Waals surface area contributed by atoms with E-state index in [1.54, 1.807) is 0 Å². The van der Waals surface area contributed by atoms with Crippen LogP contribution in [0.25, 0.3) is 11.2 Å². The molecule has 1 saturated heterocycles. The Hall–Kier alpha value is -4.70. The number of aliphatic hydroxyl groups is 1. The maximum absolute atomic E-state index is 12.1. The number of nitrogens with one attached hydrogen (secondary N) is 1. The van der Waals surface area contributed by atoms with E-state index in [2.05, 4.69) is 35.7 Å². The maximum atomic E-state index is 12.1. The molecule has 5 rings (SSSR count). The number of imidazole rings is 1. The Morgan fingerprint density at radius 2 is 1.88 bits per heavy atom. The summed E-state index contributed by atoms with van der Waals surface area (Å²) >= 11 is 0. The number of carbonyl (C=O) groups is 2. The van der Waals surface area contributed by atoms with Crippen molar-refractivity contribution < 1.29 is 28.9 Å². The van der Waals surface area contributed by atoms with Crippen LogP contribution in [-0.2, 0) is 36.8 Å². The SMILES string of the molecule is CCn1nnc([C@H]2O[C@@H](n3cnc4c(N)nc(N[C@H](CO)Cc5ccccc5)nc43)[C@@H](OC(C)=O)[C@H]2OC(C)=O)n1. The van der Waals surface area contributed by atoms with Crippen molar-refractivity contribution in [2.24, 2.45) is 0 Å². The van der Waals surface area contributed by atoms with E-state index in [4.69, 9.17) is 19.9 Å². The van der Waals surface area contributed by atoms with Gasteiger partial charge in [0.25, 0.3) is 0 Å². The Balaban J connectivity index is 1.51. The molecule has 1 aromatic carbocycles. The predicted molar refractivity (Wildman–Crippen MR) is 142 cm³/mol. The van der Waals surface area contributed by atoms with Gasteiger partial charge in [0.05, 0.1) is 25.5 Å². The zero-order valence-electron chi connectivity index (χ0n) is 22.6. The first-order valence-corrected chi connectivity index (χ1v) is 13.0. The average Bonchev–Trinajstić information content (AvgIpc) is 3.66. The minimum atomic E-state index is -1.12. The van der Waals surface area contributed by atoms with Gasteiger partial charge in [-0.05, 0) is 24.1 Å². The lowest BCUT2D eigenvalue weighted by Gasteiger charge is -2.23. The fraction of sp³-hybridized carbons (Fsp3) is 0.440. The molecule has 0 amide bonds. The van der Waals surface area contributed by atoms with E-state index in [0.717, 1.165) is 5.56 Å². The monoisotopic (exact) mass is 566 g/mol. The number of hydrogen-bond acceptors (Lipinski definition) is 14. The summed E-state index contributed by atoms with van der Waals surface area (Å²) in [5, 5.41) is 25.4. The number of aryl methyl sites for hydroxylation is 1. The first-order valence-electron chi connectivity index (χ1n) is 13.0. The van der Waals surface area contributed by atoms with E-state index in [1.165, 1.54) is 29.5 Å². The van der Waals surface area contributed by atoms with Crippen molar-refractivity contribution in [1.82, 2.24) is 39.7 Å². The quantitative estimate of drug-likeness (QED) is 0.224. The van der Waals surface area contributed by atoms with E-state index < -0.39 is 42.5 Å². The number of nitrogens with zero attached hydrogens (tertiary/aromatic N) is 8. The van der Waals surface area contributed by atoms with E-state index in [1.807, 2.05) is 37.3 Å². The van der Waals surface area contributed by atoms with Gasteiger partial charge in [0.1, 0.15) is 5.52 Å². The van der Waals surface area contributed by atoms with Gasteiger partial charge >= 0.3 is 11.9 Å². The summed E-state index contributed by atoms with van der Waals surface area (Å²) in [5.74, 6) is -0.874. The molecule has 216 valence electrons. The third kappa shape index (κ3) is 5.92. The molecule has 0 aliphatic carbocycles. The van der Waals surface area contributed by atoms with Gasteiger partial charge in [-0.1, -0.05) is 30.3 Å². The molecule has 1 aliphatic rings. The largest absolute Gasteiger partial charge is 0.455 e. The number of anilines is 2. The highest BCUT2D eigenvalue weighted by molar-refractivity contribution is 5.83. The minimum absolute atomic E-state index is 0.0790. The predicted octanol–water partition coefficient (Wildman–Crippen LogP) is 0.564. The van der Waals surface area contributed by atoms with Gasteiger partial charge in [0.15, 0.2) is 36.0 Å². The number of carbonyl (C=O) groups excluding carboxylic acids is 2. The molecule has 41 heavy (non-hydrogen) atoms. The Bertz CT molecular complexity index is 1530. The maximum Gasteiger partial charge on any atom is 0.303 e. The fourth-order valence-electron chi connectivity index (χ4n) is 4.64. The van der Waals surface area contributed by atoms with E-state index >= 15 is 0 Å². The van der Waals surface area contributed by atoms with Crippen molar-refractivity contribution in [3.63, 3.8) is 0 Å². The Labute approximate surface area is 233 Å². The van der Waals surface area contributed by atoms with Crippen LogP contribution in [0.5, 0.6) is 0 Å². The summed E-state index contributed by atoms with van der Waals surface area (Å²) in [7, 11) is 0. The van der Waals surface area contributed by atoms with Gasteiger partial charge in [-0.15, -0.1) is 10.2 Å². The third-order valence-corrected chi connectivity index (χ3v) is 6.40. The first-order chi connectivity index (χ1) is 19.8. The van der Waals surface area contributed by atoms with Crippen molar-refractivity contribution in [2.75, 3.05) is 17.7 Å². The van der Waals surface area contributed by atoms with Crippen molar-refractivity contribution >= 4 is 34.9 Å². The van der Waals surface area contributed by atoms with Gasteiger partial charge in [-0.25, -0.2) is 4.98 Å². The summed E-state index contributed by atoms with van der Waals surface area (Å²) in [6, 6.07) is 9.24. The second-order valence-corrected chi connectivity index (χ2v) is 9.40. The summed E-state index contributed by atoms with van der Waals surface area (Å²) in [6.45, 7) is 4.57. The molecule has 0 bridgehead atoms. The second-order valence-electron chi connectivity index (χ2n) is 9.40. The summed E-state index contributed by atoms with van der Waals surface area (Å²) < 4.78 is 19.0. The number of aromatic nitrogens is 8. The van der Waals surface area contributed by atoms with Crippen LogP contribution in [0, 0.1) is 0 Å². The molecule has 4 N–H and O–H groups in total. The number of nitrogens with two attached hydrogens (primary N) is 1. The van der Waals surface area contributed by atoms with Crippen LogP contribution in [0.2, 0.25) is 0 Å². The molecule has 16 heteroatoms. The molecule has 3 aromatic heterocycles. The highest BCUT2D eigenvalue weighted by atomic mass is 16.6. The summed E-state index contributed by atoms with van der Waals surface area (Å²) in [5.41, 5.74) is 7.77. The van der Waals surface area contributed by atoms with Crippen LogP contribution in [0.1, 0.15) is 44.5 Å². The molecular formula is C25H30N10O6. The van der Waals surface area contributed by atoms with Crippen molar-refractivity contribution in [1.29, 1.82) is 0 Å². The number of benzene rings is 1.